The van der Waals surface area contributed by atoms with E-state index in [1.54, 1.807) is 4.90 Å². The average molecular weight is 386 g/mol. The number of hydrogen-bond donors (Lipinski definition) is 1. The zero-order valence-electron chi connectivity index (χ0n) is 14.8. The first kappa shape index (κ1) is 20.5. The van der Waals surface area contributed by atoms with Crippen LogP contribution in [0, 0.1) is 11.7 Å². The van der Waals surface area contributed by atoms with Crippen LogP contribution in [0.15, 0.2) is 18.2 Å². The number of methoxy groups -OCH3 is 1. The Morgan fingerprint density at radius 2 is 2.15 bits per heavy atom. The van der Waals surface area contributed by atoms with Gasteiger partial charge in [0, 0.05) is 38.6 Å². The number of piperidine rings is 2. The van der Waals surface area contributed by atoms with Crippen LogP contribution in [0.5, 0.6) is 5.75 Å². The van der Waals surface area contributed by atoms with Gasteiger partial charge in [-0.15, -0.1) is 12.4 Å². The second-order valence-corrected chi connectivity index (χ2v) is 6.63. The first-order valence-corrected chi connectivity index (χ1v) is 8.67. The molecule has 0 radical (unpaired) electrons. The van der Waals surface area contributed by atoms with Gasteiger partial charge in [-0.2, -0.15) is 0 Å². The number of fused-ring (bicyclic) bond motifs is 1. The molecule has 2 N–H and O–H groups in total. The number of benzene rings is 1. The number of likely N-dealkylation sites (tertiary alicyclic amines) is 2. The lowest BCUT2D eigenvalue weighted by Gasteiger charge is -2.47. The second kappa shape index (κ2) is 8.68. The molecule has 3 rings (SSSR count). The molecule has 2 aliphatic rings. The molecule has 0 saturated carbocycles. The summed E-state index contributed by atoms with van der Waals surface area (Å²) in [6, 6.07) is 4.11. The van der Waals surface area contributed by atoms with E-state index in [9.17, 15) is 14.0 Å². The summed E-state index contributed by atoms with van der Waals surface area (Å²) >= 11 is 0. The lowest BCUT2D eigenvalue weighted by atomic mass is 9.83. The van der Waals surface area contributed by atoms with Crippen molar-refractivity contribution < 1.29 is 18.7 Å². The van der Waals surface area contributed by atoms with Crippen LogP contribution < -0.4 is 10.5 Å². The molecule has 1 aromatic rings. The maximum absolute atomic E-state index is 13.6. The molecule has 2 saturated heterocycles. The van der Waals surface area contributed by atoms with E-state index in [0.717, 1.165) is 12.8 Å². The highest BCUT2D eigenvalue weighted by Crippen LogP contribution is 2.32. The van der Waals surface area contributed by atoms with E-state index in [2.05, 4.69) is 0 Å². The molecule has 144 valence electrons. The average Bonchev–Trinajstić information content (AvgIpc) is 2.63. The first-order chi connectivity index (χ1) is 12.0. The molecule has 0 aliphatic carbocycles. The van der Waals surface area contributed by atoms with Gasteiger partial charge in [-0.3, -0.25) is 9.59 Å². The van der Waals surface area contributed by atoms with Crippen molar-refractivity contribution in [2.24, 2.45) is 11.7 Å². The van der Waals surface area contributed by atoms with Gasteiger partial charge in [0.05, 0.1) is 12.7 Å². The van der Waals surface area contributed by atoms with E-state index >= 15 is 0 Å². The predicted molar refractivity (Wildman–Crippen MR) is 98.0 cm³/mol. The number of nitrogens with zero attached hydrogens (tertiary/aromatic N) is 2. The Bertz CT molecular complexity index is 673. The number of hydrogen-bond acceptors (Lipinski definition) is 4. The summed E-state index contributed by atoms with van der Waals surface area (Å²) in [6.45, 7) is 2.11. The SMILES string of the molecule is COc1ccc(F)cc1C(=O)N1CC[C@@H]2[C@@H](CCC(=O)N2CCN)C1.Cl. The van der Waals surface area contributed by atoms with Gasteiger partial charge in [0.15, 0.2) is 0 Å². The summed E-state index contributed by atoms with van der Waals surface area (Å²) in [5.74, 6) is 0.0744. The molecular weight excluding hydrogens is 361 g/mol. The van der Waals surface area contributed by atoms with Crippen molar-refractivity contribution in [3.05, 3.63) is 29.6 Å². The molecule has 2 aliphatic heterocycles. The van der Waals surface area contributed by atoms with Crippen LogP contribution in [0.25, 0.3) is 0 Å². The predicted octanol–water partition coefficient (Wildman–Crippen LogP) is 1.67. The highest BCUT2D eigenvalue weighted by Gasteiger charge is 2.40. The summed E-state index contributed by atoms with van der Waals surface area (Å²) < 4.78 is 18.8. The maximum atomic E-state index is 13.6. The second-order valence-electron chi connectivity index (χ2n) is 6.63. The molecule has 26 heavy (non-hydrogen) atoms. The Balaban J connectivity index is 0.00000243. The first-order valence-electron chi connectivity index (χ1n) is 8.67. The van der Waals surface area contributed by atoms with Gasteiger partial charge in [-0.25, -0.2) is 4.39 Å². The Morgan fingerprint density at radius 3 is 2.85 bits per heavy atom. The fraction of sp³-hybridized carbons (Fsp3) is 0.556. The lowest BCUT2D eigenvalue weighted by molar-refractivity contribution is -0.140. The molecule has 8 heteroatoms. The number of ether oxygens (including phenoxy) is 1. The lowest BCUT2D eigenvalue weighted by Crippen LogP contribution is -2.57. The van der Waals surface area contributed by atoms with Crippen LogP contribution in [0.1, 0.15) is 29.6 Å². The molecule has 0 aromatic heterocycles. The van der Waals surface area contributed by atoms with Crippen molar-refractivity contribution in [2.45, 2.75) is 25.3 Å². The molecular formula is C18H25ClFN3O3. The van der Waals surface area contributed by atoms with Gasteiger partial charge < -0.3 is 20.3 Å². The standard InChI is InChI=1S/C18H24FN3O3.ClH/c1-25-16-4-3-13(19)10-14(16)18(24)21-8-6-15-12(11-21)2-5-17(23)22(15)9-7-20;/h3-4,10,12,15H,2,5-9,11,20H2,1H3;1H/t12-,15+;/m0./s1. The molecule has 2 atom stereocenters. The van der Waals surface area contributed by atoms with Gasteiger partial charge in [0.1, 0.15) is 11.6 Å². The van der Waals surface area contributed by atoms with Gasteiger partial charge in [0.25, 0.3) is 5.91 Å². The van der Waals surface area contributed by atoms with Crippen LogP contribution >= 0.6 is 12.4 Å². The van der Waals surface area contributed by atoms with Crippen molar-refractivity contribution >= 4 is 24.2 Å². The van der Waals surface area contributed by atoms with Gasteiger partial charge in [0.2, 0.25) is 5.91 Å². The minimum Gasteiger partial charge on any atom is -0.496 e. The van der Waals surface area contributed by atoms with E-state index < -0.39 is 5.82 Å². The zero-order chi connectivity index (χ0) is 18.0. The van der Waals surface area contributed by atoms with E-state index in [-0.39, 0.29) is 41.7 Å². The van der Waals surface area contributed by atoms with Crippen molar-refractivity contribution in [1.29, 1.82) is 0 Å². The normalized spacial score (nSPS) is 22.5. The third-order valence-corrected chi connectivity index (χ3v) is 5.19. The summed E-state index contributed by atoms with van der Waals surface area (Å²) in [5, 5.41) is 0. The van der Waals surface area contributed by atoms with E-state index in [0.29, 0.717) is 38.3 Å². The fourth-order valence-electron chi connectivity index (χ4n) is 3.98. The Morgan fingerprint density at radius 1 is 1.38 bits per heavy atom. The van der Waals surface area contributed by atoms with Gasteiger partial charge in [-0.1, -0.05) is 0 Å². The monoisotopic (exact) mass is 385 g/mol. The Hall–Kier alpha value is -1.86. The highest BCUT2D eigenvalue weighted by atomic mass is 35.5. The van der Waals surface area contributed by atoms with Gasteiger partial charge >= 0.3 is 0 Å². The molecule has 0 unspecified atom stereocenters. The maximum Gasteiger partial charge on any atom is 0.257 e. The minimum atomic E-state index is -0.462. The van der Waals surface area contributed by atoms with E-state index in [4.69, 9.17) is 10.5 Å². The Labute approximate surface area is 158 Å². The largest absolute Gasteiger partial charge is 0.496 e. The molecule has 1 aromatic carbocycles. The van der Waals surface area contributed by atoms with Crippen molar-refractivity contribution in [2.75, 3.05) is 33.3 Å². The number of rotatable bonds is 4. The number of nitrogens with two attached hydrogens (primary N) is 1. The number of halogens is 2. The van der Waals surface area contributed by atoms with Crippen molar-refractivity contribution in [3.8, 4) is 5.75 Å². The quantitative estimate of drug-likeness (QED) is 0.855. The number of carbonyl (C=O) groups is 2. The van der Waals surface area contributed by atoms with E-state index in [1.165, 1.54) is 25.3 Å². The van der Waals surface area contributed by atoms with Crippen molar-refractivity contribution in [1.82, 2.24) is 9.80 Å². The molecule has 2 amide bonds. The topological polar surface area (TPSA) is 75.9 Å². The third kappa shape index (κ3) is 3.94. The van der Waals surface area contributed by atoms with Crippen LogP contribution in [0.2, 0.25) is 0 Å². The smallest absolute Gasteiger partial charge is 0.257 e. The fourth-order valence-corrected chi connectivity index (χ4v) is 3.98. The molecule has 6 nitrogen and oxygen atoms in total. The summed E-state index contributed by atoms with van der Waals surface area (Å²) in [6.07, 6.45) is 1.99. The number of carbonyl (C=O) groups excluding carboxylic acids is 2. The highest BCUT2D eigenvalue weighted by molar-refractivity contribution is 5.97. The van der Waals surface area contributed by atoms with Crippen LogP contribution in [-0.4, -0.2) is 60.9 Å². The van der Waals surface area contributed by atoms with Crippen LogP contribution in [0.3, 0.4) is 0 Å². The summed E-state index contributed by atoms with van der Waals surface area (Å²) in [5.41, 5.74) is 5.88. The molecule has 2 heterocycles. The number of amides is 2. The van der Waals surface area contributed by atoms with Crippen LogP contribution in [0.4, 0.5) is 4.39 Å². The van der Waals surface area contributed by atoms with Crippen LogP contribution in [-0.2, 0) is 4.79 Å². The molecule has 0 bridgehead atoms. The summed E-state index contributed by atoms with van der Waals surface area (Å²) in [4.78, 5) is 28.6. The molecule has 2 fully saturated rings. The van der Waals surface area contributed by atoms with Gasteiger partial charge in [-0.05, 0) is 37.0 Å². The molecule has 0 spiro atoms. The third-order valence-electron chi connectivity index (χ3n) is 5.19. The summed E-state index contributed by atoms with van der Waals surface area (Å²) in [7, 11) is 1.47. The Kier molecular flexibility index (Phi) is 6.83. The van der Waals surface area contributed by atoms with E-state index in [1.807, 2.05) is 4.90 Å². The van der Waals surface area contributed by atoms with Crippen molar-refractivity contribution in [3.63, 3.8) is 0 Å². The zero-order valence-corrected chi connectivity index (χ0v) is 15.6. The minimum absolute atomic E-state index is 0.